The van der Waals surface area contributed by atoms with Crippen molar-refractivity contribution in [3.63, 3.8) is 0 Å². The van der Waals surface area contributed by atoms with Crippen LogP contribution < -0.4 is 5.32 Å². The van der Waals surface area contributed by atoms with Crippen LogP contribution in [0.15, 0.2) is 24.3 Å². The molecule has 1 aliphatic heterocycles. The molecule has 1 saturated heterocycles. The molecule has 138 valence electrons. The lowest BCUT2D eigenvalue weighted by Gasteiger charge is -2.35. The van der Waals surface area contributed by atoms with Gasteiger partial charge in [0.05, 0.1) is 4.92 Å². The Bertz CT molecular complexity index is 526. The van der Waals surface area contributed by atoms with E-state index in [1.165, 1.54) is 12.1 Å². The highest BCUT2D eigenvalue weighted by Crippen LogP contribution is 2.35. The van der Waals surface area contributed by atoms with Crippen LogP contribution in [0.3, 0.4) is 0 Å². The van der Waals surface area contributed by atoms with Crippen LogP contribution in [0, 0.1) is 10.1 Å². The van der Waals surface area contributed by atoms with Crippen molar-refractivity contribution in [1.82, 2.24) is 10.2 Å². The number of nitro benzene ring substituents is 1. The normalized spacial score (nSPS) is 16.6. The highest BCUT2D eigenvalue weighted by Gasteiger charge is 2.33. The maximum atomic E-state index is 12.6. The van der Waals surface area contributed by atoms with Gasteiger partial charge in [-0.25, -0.2) is 0 Å². The molecule has 1 N–H and O–H groups in total. The van der Waals surface area contributed by atoms with Crippen LogP contribution in [0.4, 0.5) is 18.9 Å². The second kappa shape index (κ2) is 10.0. The van der Waals surface area contributed by atoms with Gasteiger partial charge in [-0.3, -0.25) is 15.0 Å². The first kappa shape index (κ1) is 22.9. The third-order valence-corrected chi connectivity index (χ3v) is 3.79. The molecule has 1 aliphatic rings. The van der Waals surface area contributed by atoms with Crippen molar-refractivity contribution < 1.29 is 18.1 Å². The molecule has 0 aliphatic carbocycles. The van der Waals surface area contributed by atoms with Gasteiger partial charge in [-0.15, -0.1) is 24.8 Å². The molecule has 0 saturated carbocycles. The summed E-state index contributed by atoms with van der Waals surface area (Å²) in [4.78, 5) is 12.5. The Morgan fingerprint density at radius 1 is 1.21 bits per heavy atom. The van der Waals surface area contributed by atoms with Crippen LogP contribution in [0.2, 0.25) is 0 Å². The van der Waals surface area contributed by atoms with E-state index in [0.29, 0.717) is 31.7 Å². The summed E-state index contributed by atoms with van der Waals surface area (Å²) < 4.78 is 37.8. The van der Waals surface area contributed by atoms with Gasteiger partial charge in [0.2, 0.25) is 0 Å². The molecule has 0 amide bonds. The molecule has 0 bridgehead atoms. The van der Waals surface area contributed by atoms with Crippen LogP contribution in [0.1, 0.15) is 24.4 Å². The average molecular weight is 390 g/mol. The molecule has 0 spiro atoms. The molecule has 1 aromatic carbocycles. The van der Waals surface area contributed by atoms with E-state index in [4.69, 9.17) is 0 Å². The predicted molar refractivity (Wildman–Crippen MR) is 90.1 cm³/mol. The zero-order valence-electron chi connectivity index (χ0n) is 12.8. The van der Waals surface area contributed by atoms with Crippen molar-refractivity contribution in [3.8, 4) is 0 Å². The van der Waals surface area contributed by atoms with Gasteiger partial charge >= 0.3 is 6.18 Å². The van der Waals surface area contributed by atoms with Gasteiger partial charge in [-0.1, -0.05) is 18.2 Å². The lowest BCUT2D eigenvalue weighted by Crippen LogP contribution is -2.45. The SMILES string of the molecule is Cl.Cl.O=[N+]([O-])c1ccccc1[C@H](CCC(F)(F)F)N1CCNCC1. The monoisotopic (exact) mass is 389 g/mol. The molecule has 10 heteroatoms. The molecule has 1 atom stereocenters. The number of nitrogens with zero attached hydrogens (tertiary/aromatic N) is 2. The number of alkyl halides is 3. The quantitative estimate of drug-likeness (QED) is 0.615. The van der Waals surface area contributed by atoms with E-state index in [-0.39, 0.29) is 36.9 Å². The van der Waals surface area contributed by atoms with Crippen LogP contribution in [0.25, 0.3) is 0 Å². The van der Waals surface area contributed by atoms with Crippen LogP contribution in [-0.4, -0.2) is 42.2 Å². The Kier molecular flexibility index (Phi) is 9.57. The number of hydrogen-bond donors (Lipinski definition) is 1. The van der Waals surface area contributed by atoms with E-state index in [0.717, 1.165) is 0 Å². The van der Waals surface area contributed by atoms with Crippen LogP contribution in [-0.2, 0) is 0 Å². The summed E-state index contributed by atoms with van der Waals surface area (Å²) in [7, 11) is 0. The van der Waals surface area contributed by atoms with Gasteiger partial charge in [0, 0.05) is 50.3 Å². The minimum atomic E-state index is -4.27. The number of nitrogens with one attached hydrogen (secondary N) is 1. The van der Waals surface area contributed by atoms with Gasteiger partial charge in [-0.05, 0) is 6.42 Å². The first-order valence-electron chi connectivity index (χ1n) is 7.13. The highest BCUT2D eigenvalue weighted by molar-refractivity contribution is 5.85. The first-order chi connectivity index (χ1) is 10.4. The van der Waals surface area contributed by atoms with Gasteiger partial charge < -0.3 is 5.32 Å². The van der Waals surface area contributed by atoms with E-state index >= 15 is 0 Å². The minimum absolute atomic E-state index is 0. The molecule has 2 rings (SSSR count). The molecule has 1 aromatic rings. The molecule has 0 aromatic heterocycles. The number of piperazine rings is 1. The highest BCUT2D eigenvalue weighted by atomic mass is 35.5. The number of nitro groups is 1. The molecule has 0 unspecified atom stereocenters. The summed E-state index contributed by atoms with van der Waals surface area (Å²) in [5.41, 5.74) is 0.242. The number of hydrogen-bond acceptors (Lipinski definition) is 4. The van der Waals surface area contributed by atoms with E-state index in [9.17, 15) is 23.3 Å². The molecule has 0 radical (unpaired) electrons. The van der Waals surface area contributed by atoms with Crippen molar-refractivity contribution in [2.45, 2.75) is 25.1 Å². The van der Waals surface area contributed by atoms with E-state index in [1.807, 2.05) is 4.90 Å². The second-order valence-electron chi connectivity index (χ2n) is 5.27. The van der Waals surface area contributed by atoms with Crippen molar-refractivity contribution in [2.24, 2.45) is 0 Å². The average Bonchev–Trinajstić information content (AvgIpc) is 2.48. The third-order valence-electron chi connectivity index (χ3n) is 3.79. The fourth-order valence-corrected chi connectivity index (χ4v) is 2.76. The topological polar surface area (TPSA) is 58.4 Å². The number of rotatable bonds is 5. The van der Waals surface area contributed by atoms with Crippen LogP contribution >= 0.6 is 24.8 Å². The summed E-state index contributed by atoms with van der Waals surface area (Å²) in [6.45, 7) is 2.50. The Morgan fingerprint density at radius 3 is 2.33 bits per heavy atom. The smallest absolute Gasteiger partial charge is 0.314 e. The molecular weight excluding hydrogens is 370 g/mol. The minimum Gasteiger partial charge on any atom is -0.314 e. The molecule has 1 heterocycles. The Labute approximate surface area is 150 Å². The van der Waals surface area contributed by atoms with E-state index < -0.39 is 23.6 Å². The number of para-hydroxylation sites is 1. The van der Waals surface area contributed by atoms with Crippen molar-refractivity contribution in [3.05, 3.63) is 39.9 Å². The van der Waals surface area contributed by atoms with Gasteiger partial charge in [0.15, 0.2) is 0 Å². The van der Waals surface area contributed by atoms with E-state index in [1.54, 1.807) is 12.1 Å². The summed E-state index contributed by atoms with van der Waals surface area (Å²) in [5.74, 6) is 0. The maximum absolute atomic E-state index is 12.6. The maximum Gasteiger partial charge on any atom is 0.389 e. The fourth-order valence-electron chi connectivity index (χ4n) is 2.76. The zero-order valence-corrected chi connectivity index (χ0v) is 14.4. The summed E-state index contributed by atoms with van der Waals surface area (Å²) in [6.07, 6.45) is -5.39. The van der Waals surface area contributed by atoms with E-state index in [2.05, 4.69) is 5.32 Å². The summed E-state index contributed by atoms with van der Waals surface area (Å²) in [6, 6.07) is 5.47. The van der Waals surface area contributed by atoms with Crippen molar-refractivity contribution in [2.75, 3.05) is 26.2 Å². The van der Waals surface area contributed by atoms with Gasteiger partial charge in [-0.2, -0.15) is 13.2 Å². The Balaban J connectivity index is 0.00000264. The molecule has 1 fully saturated rings. The van der Waals surface area contributed by atoms with Gasteiger partial charge in [0.1, 0.15) is 0 Å². The third kappa shape index (κ3) is 6.43. The van der Waals surface area contributed by atoms with Crippen LogP contribution in [0.5, 0.6) is 0 Å². The van der Waals surface area contributed by atoms with Crippen molar-refractivity contribution >= 4 is 30.5 Å². The second-order valence-corrected chi connectivity index (χ2v) is 5.27. The predicted octanol–water partition coefficient (Wildman–Crippen LogP) is 3.73. The first-order valence-corrected chi connectivity index (χ1v) is 7.13. The lowest BCUT2D eigenvalue weighted by molar-refractivity contribution is -0.386. The Hall–Kier alpha value is -1.09. The fraction of sp³-hybridized carbons (Fsp3) is 0.571. The Morgan fingerprint density at radius 2 is 1.79 bits per heavy atom. The lowest BCUT2D eigenvalue weighted by atomic mass is 9.97. The largest absolute Gasteiger partial charge is 0.389 e. The summed E-state index contributed by atoms with van der Waals surface area (Å²) >= 11 is 0. The number of halogens is 5. The molecular formula is C14H20Cl2F3N3O2. The zero-order chi connectivity index (χ0) is 16.2. The van der Waals surface area contributed by atoms with Crippen molar-refractivity contribution in [1.29, 1.82) is 0 Å². The number of benzene rings is 1. The van der Waals surface area contributed by atoms with Gasteiger partial charge in [0.25, 0.3) is 5.69 Å². The molecule has 24 heavy (non-hydrogen) atoms. The summed E-state index contributed by atoms with van der Waals surface area (Å²) in [5, 5.41) is 14.3. The molecule has 5 nitrogen and oxygen atoms in total. The standard InChI is InChI=1S/C14H18F3N3O2.2ClH/c15-14(16,17)6-5-12(19-9-7-18-8-10-19)11-3-1-2-4-13(11)20(21)22;;/h1-4,12,18H,5-10H2;2*1H/t12-;;/m0../s1.